The number of anilines is 2. The highest BCUT2D eigenvalue weighted by Crippen LogP contribution is 2.40. The molecule has 2 aromatic heterocycles. The van der Waals surface area contributed by atoms with Crippen molar-refractivity contribution in [2.75, 3.05) is 37.4 Å². The summed E-state index contributed by atoms with van der Waals surface area (Å²) in [4.78, 5) is 44.4. The molecule has 1 atom stereocenters. The number of hydrogen-bond donors (Lipinski definition) is 2. The van der Waals surface area contributed by atoms with Gasteiger partial charge in [-0.3, -0.25) is 14.5 Å². The van der Waals surface area contributed by atoms with Gasteiger partial charge in [0.05, 0.1) is 25.3 Å². The number of amides is 2. The van der Waals surface area contributed by atoms with Crippen LogP contribution >= 0.6 is 11.3 Å². The number of nitrogens with one attached hydrogen (secondary N) is 2. The van der Waals surface area contributed by atoms with Gasteiger partial charge in [-0.25, -0.2) is 9.78 Å². The fraction of sp³-hybridized carbons (Fsp3) is 0.478. The zero-order valence-electron chi connectivity index (χ0n) is 19.0. The molecule has 172 valence electrons. The first-order chi connectivity index (χ1) is 15.3. The van der Waals surface area contributed by atoms with Crippen molar-refractivity contribution in [3.8, 4) is 0 Å². The Morgan fingerprint density at radius 3 is 2.66 bits per heavy atom. The summed E-state index contributed by atoms with van der Waals surface area (Å²) in [7, 11) is 1.69. The van der Waals surface area contributed by atoms with E-state index in [1.165, 1.54) is 11.3 Å². The van der Waals surface area contributed by atoms with E-state index in [0.717, 1.165) is 35.3 Å². The van der Waals surface area contributed by atoms with Gasteiger partial charge in [-0.05, 0) is 69.3 Å². The highest BCUT2D eigenvalue weighted by molar-refractivity contribution is 7.17. The van der Waals surface area contributed by atoms with Crippen LogP contribution in [0.4, 0.5) is 10.8 Å². The average Bonchev–Trinajstić information content (AvgIpc) is 3.04. The highest BCUT2D eigenvalue weighted by atomic mass is 32.1. The number of rotatable bonds is 8. The summed E-state index contributed by atoms with van der Waals surface area (Å²) in [5, 5.41) is 6.14. The Kier molecular flexibility index (Phi) is 7.98. The van der Waals surface area contributed by atoms with Gasteiger partial charge >= 0.3 is 5.97 Å². The molecule has 1 aliphatic carbocycles. The van der Waals surface area contributed by atoms with Crippen LogP contribution in [0.25, 0.3) is 0 Å². The van der Waals surface area contributed by atoms with Crippen LogP contribution in [-0.2, 0) is 27.2 Å². The maximum Gasteiger partial charge on any atom is 0.341 e. The van der Waals surface area contributed by atoms with E-state index in [0.29, 0.717) is 22.3 Å². The molecule has 8 nitrogen and oxygen atoms in total. The number of hydrogen-bond acceptors (Lipinski definition) is 7. The summed E-state index contributed by atoms with van der Waals surface area (Å²) in [5.41, 5.74) is 2.48. The van der Waals surface area contributed by atoms with Crippen LogP contribution in [0.5, 0.6) is 0 Å². The number of fused-ring (bicyclic) bond motifs is 1. The lowest BCUT2D eigenvalue weighted by molar-refractivity contribution is -0.119. The van der Waals surface area contributed by atoms with Crippen molar-refractivity contribution in [1.82, 2.24) is 9.88 Å². The second kappa shape index (κ2) is 10.7. The maximum atomic E-state index is 12.7. The van der Waals surface area contributed by atoms with Gasteiger partial charge in [0, 0.05) is 11.1 Å². The molecule has 0 spiro atoms. The molecule has 3 rings (SSSR count). The van der Waals surface area contributed by atoms with E-state index in [-0.39, 0.29) is 31.5 Å². The average molecular weight is 459 g/mol. The van der Waals surface area contributed by atoms with Crippen LogP contribution in [0.1, 0.15) is 46.6 Å². The maximum absolute atomic E-state index is 12.7. The van der Waals surface area contributed by atoms with E-state index in [9.17, 15) is 14.4 Å². The van der Waals surface area contributed by atoms with Gasteiger partial charge in [0.25, 0.3) is 0 Å². The van der Waals surface area contributed by atoms with E-state index < -0.39 is 5.97 Å². The van der Waals surface area contributed by atoms with Crippen LogP contribution in [-0.4, -0.2) is 54.4 Å². The monoisotopic (exact) mass is 458 g/mol. The van der Waals surface area contributed by atoms with E-state index in [2.05, 4.69) is 22.5 Å². The van der Waals surface area contributed by atoms with Crippen LogP contribution in [0.3, 0.4) is 0 Å². The lowest BCUT2D eigenvalue weighted by Gasteiger charge is -2.18. The molecule has 2 aromatic rings. The molecule has 0 bridgehead atoms. The minimum absolute atomic E-state index is 0.00982. The lowest BCUT2D eigenvalue weighted by atomic mass is 9.88. The molecule has 1 aliphatic rings. The highest BCUT2D eigenvalue weighted by Gasteiger charge is 2.29. The summed E-state index contributed by atoms with van der Waals surface area (Å²) >= 11 is 1.45. The van der Waals surface area contributed by atoms with Crippen molar-refractivity contribution in [3.63, 3.8) is 0 Å². The van der Waals surface area contributed by atoms with Crippen molar-refractivity contribution < 1.29 is 19.1 Å². The quantitative estimate of drug-likeness (QED) is 0.589. The van der Waals surface area contributed by atoms with Crippen LogP contribution in [0.2, 0.25) is 0 Å². The third-order valence-corrected chi connectivity index (χ3v) is 6.42. The zero-order chi connectivity index (χ0) is 23.3. The number of carbonyl (C=O) groups is 3. The zero-order valence-corrected chi connectivity index (χ0v) is 19.8. The van der Waals surface area contributed by atoms with Gasteiger partial charge in [0.15, 0.2) is 0 Å². The van der Waals surface area contributed by atoms with Gasteiger partial charge in [0.2, 0.25) is 11.8 Å². The number of nitrogens with zero attached hydrogens (tertiary/aromatic N) is 2. The molecule has 2 heterocycles. The number of aromatic nitrogens is 1. The smallest absolute Gasteiger partial charge is 0.341 e. The molecule has 2 N–H and O–H groups in total. The Morgan fingerprint density at radius 1 is 1.25 bits per heavy atom. The van der Waals surface area contributed by atoms with Crippen molar-refractivity contribution in [1.29, 1.82) is 0 Å². The predicted molar refractivity (Wildman–Crippen MR) is 125 cm³/mol. The Labute approximate surface area is 192 Å². The second-order valence-corrected chi connectivity index (χ2v) is 9.37. The molecule has 0 aliphatic heterocycles. The van der Waals surface area contributed by atoms with E-state index >= 15 is 0 Å². The van der Waals surface area contributed by atoms with E-state index in [4.69, 9.17) is 4.74 Å². The summed E-state index contributed by atoms with van der Waals surface area (Å²) < 4.78 is 5.25. The van der Waals surface area contributed by atoms with E-state index in [1.807, 2.05) is 13.0 Å². The number of esters is 1. The summed E-state index contributed by atoms with van der Waals surface area (Å²) in [5.74, 6) is 0.0863. The molecular weight excluding hydrogens is 428 g/mol. The Bertz CT molecular complexity index is 1000. The molecule has 1 unspecified atom stereocenters. The topological polar surface area (TPSA) is 101 Å². The fourth-order valence-corrected chi connectivity index (χ4v) is 5.17. The SMILES string of the molecule is CCOC(=O)c1c(NC(=O)CN(C)CC(=O)Nc2cc(C)ccn2)sc2c1CCC(C)C2. The Morgan fingerprint density at radius 2 is 1.97 bits per heavy atom. The number of carbonyl (C=O) groups excluding carboxylic acids is 3. The minimum atomic E-state index is -0.395. The first-order valence-corrected chi connectivity index (χ1v) is 11.6. The minimum Gasteiger partial charge on any atom is -0.462 e. The van der Waals surface area contributed by atoms with Crippen LogP contribution in [0.15, 0.2) is 18.3 Å². The van der Waals surface area contributed by atoms with Gasteiger partial charge in [-0.1, -0.05) is 6.92 Å². The third-order valence-electron chi connectivity index (χ3n) is 5.25. The fourth-order valence-electron chi connectivity index (χ4n) is 3.76. The Hall–Kier alpha value is -2.78. The number of pyridine rings is 1. The van der Waals surface area contributed by atoms with Crippen molar-refractivity contribution in [2.24, 2.45) is 5.92 Å². The van der Waals surface area contributed by atoms with Crippen molar-refractivity contribution in [3.05, 3.63) is 39.9 Å². The number of aryl methyl sites for hydroxylation is 1. The largest absolute Gasteiger partial charge is 0.462 e. The van der Waals surface area contributed by atoms with Crippen LogP contribution < -0.4 is 10.6 Å². The van der Waals surface area contributed by atoms with Gasteiger partial charge in [-0.15, -0.1) is 11.3 Å². The van der Waals surface area contributed by atoms with Gasteiger partial charge in [-0.2, -0.15) is 0 Å². The van der Waals surface area contributed by atoms with Crippen LogP contribution in [0, 0.1) is 12.8 Å². The first kappa shape index (κ1) is 23.9. The van der Waals surface area contributed by atoms with E-state index in [1.54, 1.807) is 31.1 Å². The summed E-state index contributed by atoms with van der Waals surface area (Å²) in [6.07, 6.45) is 4.35. The van der Waals surface area contributed by atoms with Gasteiger partial charge in [0.1, 0.15) is 10.8 Å². The lowest BCUT2D eigenvalue weighted by Crippen LogP contribution is -2.36. The first-order valence-electron chi connectivity index (χ1n) is 10.8. The molecule has 2 amide bonds. The number of likely N-dealkylation sites (N-methyl/N-ethyl adjacent to an activating group) is 1. The summed E-state index contributed by atoms with van der Waals surface area (Å²) in [6, 6.07) is 3.63. The number of thiophene rings is 1. The molecule has 0 aromatic carbocycles. The molecule has 0 saturated carbocycles. The molecule has 0 radical (unpaired) electrons. The molecule has 0 saturated heterocycles. The second-order valence-electron chi connectivity index (χ2n) is 8.26. The molecule has 0 fully saturated rings. The molecular formula is C23H30N4O4S. The Balaban J connectivity index is 1.62. The predicted octanol–water partition coefficient (Wildman–Crippen LogP) is 3.26. The molecule has 32 heavy (non-hydrogen) atoms. The normalized spacial score (nSPS) is 15.2. The molecule has 9 heteroatoms. The summed E-state index contributed by atoms with van der Waals surface area (Å²) in [6.45, 7) is 6.20. The van der Waals surface area contributed by atoms with Gasteiger partial charge < -0.3 is 15.4 Å². The third kappa shape index (κ3) is 6.14. The number of ether oxygens (including phenoxy) is 1. The van der Waals surface area contributed by atoms with Crippen molar-refractivity contribution >= 4 is 39.9 Å². The standard InChI is InChI=1S/C23H30N4O4S/c1-5-31-23(30)21-16-7-6-14(2)10-17(16)32-22(21)26-20(29)13-27(4)12-19(28)25-18-11-15(3)8-9-24-18/h8-9,11,14H,5-7,10,12-13H2,1-4H3,(H,26,29)(H,24,25,28). The van der Waals surface area contributed by atoms with Crippen molar-refractivity contribution in [2.45, 2.75) is 40.0 Å².